The lowest BCUT2D eigenvalue weighted by Gasteiger charge is -2.15. The van der Waals surface area contributed by atoms with E-state index in [9.17, 15) is 4.79 Å². The third kappa shape index (κ3) is 5.07. The Hall–Kier alpha value is -2.33. The lowest BCUT2D eigenvalue weighted by molar-refractivity contribution is 0.0951. The van der Waals surface area contributed by atoms with Gasteiger partial charge in [-0.3, -0.25) is 9.69 Å². The minimum Gasteiger partial charge on any atom is -0.494 e. The number of amides is 1. The second kappa shape index (κ2) is 8.67. The number of hydrogen-bond acceptors (Lipinski definition) is 3. The second-order valence-corrected chi connectivity index (χ2v) is 6.44. The maximum atomic E-state index is 12.3. The molecule has 4 heteroatoms. The molecule has 1 heterocycles. The fourth-order valence-electron chi connectivity index (χ4n) is 3.19. The molecule has 1 aliphatic heterocycles. The summed E-state index contributed by atoms with van der Waals surface area (Å²) in [7, 11) is 0. The number of ether oxygens (including phenoxy) is 1. The Morgan fingerprint density at radius 1 is 1.08 bits per heavy atom. The largest absolute Gasteiger partial charge is 0.494 e. The van der Waals surface area contributed by atoms with Crippen LogP contribution in [0, 0.1) is 0 Å². The smallest absolute Gasteiger partial charge is 0.251 e. The SMILES string of the molecule is CCOc1ccc(C(=O)NCc2cccc(CN3CCCC3)c2)cc1. The van der Waals surface area contributed by atoms with Gasteiger partial charge in [0.2, 0.25) is 0 Å². The van der Waals surface area contributed by atoms with Crippen LogP contribution < -0.4 is 10.1 Å². The van der Waals surface area contributed by atoms with Crippen LogP contribution >= 0.6 is 0 Å². The van der Waals surface area contributed by atoms with E-state index < -0.39 is 0 Å². The topological polar surface area (TPSA) is 41.6 Å². The van der Waals surface area contributed by atoms with Crippen molar-refractivity contribution < 1.29 is 9.53 Å². The van der Waals surface area contributed by atoms with Crippen molar-refractivity contribution >= 4 is 5.91 Å². The normalized spacial score (nSPS) is 14.4. The fraction of sp³-hybridized carbons (Fsp3) is 0.381. The highest BCUT2D eigenvalue weighted by molar-refractivity contribution is 5.94. The average Bonchev–Trinajstić information content (AvgIpc) is 3.14. The van der Waals surface area contributed by atoms with Gasteiger partial charge in [0.05, 0.1) is 6.61 Å². The maximum Gasteiger partial charge on any atom is 0.251 e. The molecule has 0 unspecified atom stereocenters. The predicted molar refractivity (Wildman–Crippen MR) is 99.7 cm³/mol. The van der Waals surface area contributed by atoms with Crippen molar-refractivity contribution in [3.05, 3.63) is 65.2 Å². The summed E-state index contributed by atoms with van der Waals surface area (Å²) in [5.74, 6) is 0.724. The van der Waals surface area contributed by atoms with Gasteiger partial charge in [-0.05, 0) is 68.2 Å². The van der Waals surface area contributed by atoms with E-state index in [1.54, 1.807) is 12.1 Å². The standard InChI is InChI=1S/C21H26N2O2/c1-2-25-20-10-8-19(9-11-20)21(24)22-15-17-6-5-7-18(14-17)16-23-12-3-4-13-23/h5-11,14H,2-4,12-13,15-16H2,1H3,(H,22,24). The Balaban J connectivity index is 1.54. The lowest BCUT2D eigenvalue weighted by Crippen LogP contribution is -2.23. The number of carbonyl (C=O) groups is 1. The molecule has 1 N–H and O–H groups in total. The fourth-order valence-corrected chi connectivity index (χ4v) is 3.19. The first-order valence-electron chi connectivity index (χ1n) is 9.06. The van der Waals surface area contributed by atoms with Crippen molar-refractivity contribution in [1.82, 2.24) is 10.2 Å². The van der Waals surface area contributed by atoms with Gasteiger partial charge in [0.15, 0.2) is 0 Å². The van der Waals surface area contributed by atoms with Crippen LogP contribution in [0.5, 0.6) is 5.75 Å². The Kier molecular flexibility index (Phi) is 6.07. The molecule has 132 valence electrons. The van der Waals surface area contributed by atoms with Crippen molar-refractivity contribution in [3.8, 4) is 5.75 Å². The molecule has 1 aliphatic rings. The van der Waals surface area contributed by atoms with Crippen molar-refractivity contribution in [2.45, 2.75) is 32.9 Å². The van der Waals surface area contributed by atoms with E-state index in [0.29, 0.717) is 18.7 Å². The molecule has 0 aromatic heterocycles. The van der Waals surface area contributed by atoms with Crippen LogP contribution in [-0.2, 0) is 13.1 Å². The summed E-state index contributed by atoms with van der Waals surface area (Å²) in [6, 6.07) is 15.7. The number of carbonyl (C=O) groups excluding carboxylic acids is 1. The summed E-state index contributed by atoms with van der Waals surface area (Å²) < 4.78 is 5.40. The van der Waals surface area contributed by atoms with E-state index >= 15 is 0 Å². The zero-order valence-electron chi connectivity index (χ0n) is 14.8. The molecule has 0 spiro atoms. The predicted octanol–water partition coefficient (Wildman–Crippen LogP) is 3.61. The van der Waals surface area contributed by atoms with Gasteiger partial charge < -0.3 is 10.1 Å². The molecule has 3 rings (SSSR count). The Bertz CT molecular complexity index is 691. The van der Waals surface area contributed by atoms with Crippen molar-refractivity contribution in [2.75, 3.05) is 19.7 Å². The van der Waals surface area contributed by atoms with Gasteiger partial charge >= 0.3 is 0 Å². The molecule has 0 radical (unpaired) electrons. The molecule has 1 amide bonds. The molecular weight excluding hydrogens is 312 g/mol. The molecule has 1 saturated heterocycles. The van der Waals surface area contributed by atoms with Crippen LogP contribution in [0.25, 0.3) is 0 Å². The van der Waals surface area contributed by atoms with Gasteiger partial charge in [0.1, 0.15) is 5.75 Å². The third-order valence-electron chi connectivity index (χ3n) is 4.48. The number of nitrogens with zero attached hydrogens (tertiary/aromatic N) is 1. The number of benzene rings is 2. The molecule has 0 bridgehead atoms. The first kappa shape index (κ1) is 17.5. The van der Waals surface area contributed by atoms with Crippen LogP contribution in [0.1, 0.15) is 41.3 Å². The van der Waals surface area contributed by atoms with Gasteiger partial charge in [0, 0.05) is 18.7 Å². The zero-order valence-corrected chi connectivity index (χ0v) is 14.8. The minimum atomic E-state index is -0.0620. The van der Waals surface area contributed by atoms with E-state index in [-0.39, 0.29) is 5.91 Å². The highest BCUT2D eigenvalue weighted by Gasteiger charge is 2.12. The number of nitrogens with one attached hydrogen (secondary N) is 1. The third-order valence-corrected chi connectivity index (χ3v) is 4.48. The van der Waals surface area contributed by atoms with E-state index in [1.807, 2.05) is 19.1 Å². The average molecular weight is 338 g/mol. The molecule has 1 fully saturated rings. The molecule has 0 saturated carbocycles. The van der Waals surface area contributed by atoms with Crippen LogP contribution in [-0.4, -0.2) is 30.5 Å². The van der Waals surface area contributed by atoms with Crippen LogP contribution in [0.3, 0.4) is 0 Å². The van der Waals surface area contributed by atoms with Crippen LogP contribution in [0.4, 0.5) is 0 Å². The van der Waals surface area contributed by atoms with E-state index in [1.165, 1.54) is 31.5 Å². The van der Waals surface area contributed by atoms with Gasteiger partial charge in [-0.1, -0.05) is 24.3 Å². The summed E-state index contributed by atoms with van der Waals surface area (Å²) in [5.41, 5.74) is 3.10. The zero-order chi connectivity index (χ0) is 17.5. The molecule has 0 aliphatic carbocycles. The molecule has 2 aromatic rings. The van der Waals surface area contributed by atoms with Crippen LogP contribution in [0.15, 0.2) is 48.5 Å². The summed E-state index contributed by atoms with van der Waals surface area (Å²) in [4.78, 5) is 14.8. The van der Waals surface area contributed by atoms with E-state index in [0.717, 1.165) is 17.9 Å². The molecule has 4 nitrogen and oxygen atoms in total. The summed E-state index contributed by atoms with van der Waals surface area (Å²) >= 11 is 0. The molecule has 25 heavy (non-hydrogen) atoms. The Morgan fingerprint density at radius 2 is 1.80 bits per heavy atom. The molecular formula is C21H26N2O2. The lowest BCUT2D eigenvalue weighted by atomic mass is 10.1. The Labute approximate surface area is 149 Å². The number of hydrogen-bond donors (Lipinski definition) is 1. The van der Waals surface area contributed by atoms with Crippen molar-refractivity contribution in [1.29, 1.82) is 0 Å². The summed E-state index contributed by atoms with van der Waals surface area (Å²) in [6.45, 7) is 6.50. The Morgan fingerprint density at radius 3 is 2.52 bits per heavy atom. The van der Waals surface area contributed by atoms with Gasteiger partial charge in [0.25, 0.3) is 5.91 Å². The first-order chi connectivity index (χ1) is 12.2. The molecule has 0 atom stereocenters. The van der Waals surface area contributed by atoms with Gasteiger partial charge in [-0.25, -0.2) is 0 Å². The first-order valence-corrected chi connectivity index (χ1v) is 9.06. The maximum absolute atomic E-state index is 12.3. The van der Waals surface area contributed by atoms with Crippen molar-refractivity contribution in [3.63, 3.8) is 0 Å². The van der Waals surface area contributed by atoms with E-state index in [2.05, 4.69) is 34.5 Å². The van der Waals surface area contributed by atoms with E-state index in [4.69, 9.17) is 4.74 Å². The molecule has 2 aromatic carbocycles. The van der Waals surface area contributed by atoms with Gasteiger partial charge in [-0.15, -0.1) is 0 Å². The summed E-state index contributed by atoms with van der Waals surface area (Å²) in [6.07, 6.45) is 2.61. The highest BCUT2D eigenvalue weighted by Crippen LogP contribution is 2.15. The van der Waals surface area contributed by atoms with Gasteiger partial charge in [-0.2, -0.15) is 0 Å². The quantitative estimate of drug-likeness (QED) is 0.838. The second-order valence-electron chi connectivity index (χ2n) is 6.44. The monoisotopic (exact) mass is 338 g/mol. The van der Waals surface area contributed by atoms with Crippen LogP contribution in [0.2, 0.25) is 0 Å². The van der Waals surface area contributed by atoms with Crippen molar-refractivity contribution in [2.24, 2.45) is 0 Å². The highest BCUT2D eigenvalue weighted by atomic mass is 16.5. The minimum absolute atomic E-state index is 0.0620. The number of rotatable bonds is 7. The number of likely N-dealkylation sites (tertiary alicyclic amines) is 1. The summed E-state index contributed by atoms with van der Waals surface area (Å²) in [5, 5.41) is 2.99.